The zero-order chi connectivity index (χ0) is 21.3. The number of nitrogens with one attached hydrogen (secondary N) is 2. The van der Waals surface area contributed by atoms with Gasteiger partial charge in [-0.2, -0.15) is 8.78 Å². The molecule has 6 nitrogen and oxygen atoms in total. The standard InChI is InChI=1S/C22H25F2N3O3/c23-21(24)30-19-10-8-16(9-11-19)12-13-25-20(28)17-5-4-14-27(15-17)22(29)26-18-6-2-1-3-7-18/h1-3,6-11,17,21H,4-5,12-15H2,(H,25,28)(H,26,29). The number of halogens is 2. The van der Waals surface area contributed by atoms with E-state index in [2.05, 4.69) is 15.4 Å². The monoisotopic (exact) mass is 417 g/mol. The first kappa shape index (κ1) is 21.5. The number of amides is 3. The van der Waals surface area contributed by atoms with Gasteiger partial charge in [0.05, 0.1) is 5.92 Å². The van der Waals surface area contributed by atoms with Gasteiger partial charge in [-0.1, -0.05) is 30.3 Å². The number of benzene rings is 2. The molecule has 1 atom stereocenters. The Labute approximate surface area is 174 Å². The number of hydrogen-bond acceptors (Lipinski definition) is 3. The first-order valence-electron chi connectivity index (χ1n) is 9.93. The van der Waals surface area contributed by atoms with Crippen LogP contribution < -0.4 is 15.4 Å². The van der Waals surface area contributed by atoms with Gasteiger partial charge in [0.25, 0.3) is 0 Å². The number of hydrogen-bond donors (Lipinski definition) is 2. The maximum absolute atomic E-state index is 12.5. The lowest BCUT2D eigenvalue weighted by Gasteiger charge is -2.32. The Bertz CT molecular complexity index is 831. The normalized spacial score (nSPS) is 16.2. The first-order chi connectivity index (χ1) is 14.5. The molecule has 1 fully saturated rings. The number of nitrogens with zero attached hydrogens (tertiary/aromatic N) is 1. The highest BCUT2D eigenvalue weighted by molar-refractivity contribution is 5.90. The molecule has 0 radical (unpaired) electrons. The summed E-state index contributed by atoms with van der Waals surface area (Å²) in [7, 11) is 0. The fourth-order valence-electron chi connectivity index (χ4n) is 3.41. The number of carbonyl (C=O) groups is 2. The number of piperidine rings is 1. The molecule has 2 aromatic rings. The van der Waals surface area contributed by atoms with Crippen molar-refractivity contribution >= 4 is 17.6 Å². The average molecular weight is 417 g/mol. The molecule has 1 unspecified atom stereocenters. The van der Waals surface area contributed by atoms with Gasteiger partial charge >= 0.3 is 12.6 Å². The molecule has 0 bridgehead atoms. The topological polar surface area (TPSA) is 70.7 Å². The Hall–Kier alpha value is -3.16. The van der Waals surface area contributed by atoms with Crippen LogP contribution >= 0.6 is 0 Å². The summed E-state index contributed by atoms with van der Waals surface area (Å²) >= 11 is 0. The van der Waals surface area contributed by atoms with Crippen molar-refractivity contribution in [3.63, 3.8) is 0 Å². The number of rotatable bonds is 7. The highest BCUT2D eigenvalue weighted by atomic mass is 19.3. The quantitative estimate of drug-likeness (QED) is 0.718. The maximum Gasteiger partial charge on any atom is 0.387 e. The number of alkyl halides is 2. The van der Waals surface area contributed by atoms with Crippen LogP contribution in [-0.2, 0) is 11.2 Å². The van der Waals surface area contributed by atoms with E-state index in [4.69, 9.17) is 0 Å². The molecule has 2 aromatic carbocycles. The molecule has 0 saturated carbocycles. The van der Waals surface area contributed by atoms with E-state index in [1.807, 2.05) is 30.3 Å². The van der Waals surface area contributed by atoms with Crippen LogP contribution in [0.3, 0.4) is 0 Å². The van der Waals surface area contributed by atoms with Crippen LogP contribution in [0.2, 0.25) is 0 Å². The molecule has 2 N–H and O–H groups in total. The fourth-order valence-corrected chi connectivity index (χ4v) is 3.41. The zero-order valence-corrected chi connectivity index (χ0v) is 16.5. The summed E-state index contributed by atoms with van der Waals surface area (Å²) in [6, 6.07) is 15.4. The van der Waals surface area contributed by atoms with Gasteiger partial charge in [-0.25, -0.2) is 4.79 Å². The Balaban J connectivity index is 1.43. The lowest BCUT2D eigenvalue weighted by molar-refractivity contribution is -0.126. The summed E-state index contributed by atoms with van der Waals surface area (Å²) in [5, 5.41) is 5.76. The molecule has 0 aliphatic carbocycles. The molecule has 3 amide bonds. The van der Waals surface area contributed by atoms with Gasteiger partial charge in [-0.3, -0.25) is 4.79 Å². The van der Waals surface area contributed by atoms with E-state index < -0.39 is 6.61 Å². The van der Waals surface area contributed by atoms with Crippen molar-refractivity contribution in [2.24, 2.45) is 5.92 Å². The van der Waals surface area contributed by atoms with Crippen LogP contribution in [0, 0.1) is 5.92 Å². The summed E-state index contributed by atoms with van der Waals surface area (Å²) < 4.78 is 28.7. The molecule has 1 aliphatic heterocycles. The van der Waals surface area contributed by atoms with Crippen molar-refractivity contribution in [3.8, 4) is 5.75 Å². The van der Waals surface area contributed by atoms with Crippen molar-refractivity contribution < 1.29 is 23.1 Å². The Morgan fingerprint density at radius 1 is 1.10 bits per heavy atom. The molecule has 0 aromatic heterocycles. The molecule has 3 rings (SSSR count). The number of anilines is 1. The third kappa shape index (κ3) is 6.43. The Morgan fingerprint density at radius 2 is 1.83 bits per heavy atom. The predicted molar refractivity (Wildman–Crippen MR) is 110 cm³/mol. The minimum Gasteiger partial charge on any atom is -0.435 e. The molecular weight excluding hydrogens is 392 g/mol. The Morgan fingerprint density at radius 3 is 2.53 bits per heavy atom. The van der Waals surface area contributed by atoms with Crippen molar-refractivity contribution in [2.75, 3.05) is 25.0 Å². The lowest BCUT2D eigenvalue weighted by Crippen LogP contribution is -2.47. The van der Waals surface area contributed by atoms with E-state index in [-0.39, 0.29) is 23.6 Å². The molecule has 8 heteroatoms. The molecule has 0 spiro atoms. The SMILES string of the molecule is O=C(NCCc1ccc(OC(F)F)cc1)C1CCCN(C(=O)Nc2ccccc2)C1. The van der Waals surface area contributed by atoms with Crippen molar-refractivity contribution in [3.05, 3.63) is 60.2 Å². The van der Waals surface area contributed by atoms with Crippen molar-refractivity contribution in [1.82, 2.24) is 10.2 Å². The van der Waals surface area contributed by atoms with E-state index >= 15 is 0 Å². The highest BCUT2D eigenvalue weighted by Crippen LogP contribution is 2.18. The summed E-state index contributed by atoms with van der Waals surface area (Å²) in [6.45, 7) is -1.42. The van der Waals surface area contributed by atoms with Gasteiger partial charge < -0.3 is 20.3 Å². The van der Waals surface area contributed by atoms with Gasteiger partial charge in [-0.05, 0) is 49.1 Å². The number of para-hydroxylation sites is 1. The smallest absolute Gasteiger partial charge is 0.387 e. The van der Waals surface area contributed by atoms with Gasteiger partial charge in [0.1, 0.15) is 5.75 Å². The summed E-state index contributed by atoms with van der Waals surface area (Å²) in [5.74, 6) is -0.221. The van der Waals surface area contributed by atoms with E-state index in [1.165, 1.54) is 12.1 Å². The largest absolute Gasteiger partial charge is 0.435 e. The molecule has 1 aliphatic rings. The Kier molecular flexibility index (Phi) is 7.59. The van der Waals surface area contributed by atoms with Crippen LogP contribution in [-0.4, -0.2) is 43.1 Å². The molecular formula is C22H25F2N3O3. The van der Waals surface area contributed by atoms with E-state index in [1.54, 1.807) is 17.0 Å². The van der Waals surface area contributed by atoms with Gasteiger partial charge in [0.15, 0.2) is 0 Å². The van der Waals surface area contributed by atoms with Gasteiger partial charge in [-0.15, -0.1) is 0 Å². The zero-order valence-electron chi connectivity index (χ0n) is 16.5. The van der Waals surface area contributed by atoms with Crippen molar-refractivity contribution in [1.29, 1.82) is 0 Å². The number of ether oxygens (including phenoxy) is 1. The molecule has 30 heavy (non-hydrogen) atoms. The number of urea groups is 1. The summed E-state index contributed by atoms with van der Waals surface area (Å²) in [5.41, 5.74) is 1.63. The van der Waals surface area contributed by atoms with Crippen LogP contribution in [0.1, 0.15) is 18.4 Å². The minimum absolute atomic E-state index is 0.0788. The molecule has 1 saturated heterocycles. The maximum atomic E-state index is 12.5. The van der Waals surface area contributed by atoms with Crippen LogP contribution in [0.4, 0.5) is 19.3 Å². The first-order valence-corrected chi connectivity index (χ1v) is 9.93. The van der Waals surface area contributed by atoms with E-state index in [0.29, 0.717) is 26.1 Å². The summed E-state index contributed by atoms with van der Waals surface area (Å²) in [6.07, 6.45) is 2.08. The second kappa shape index (κ2) is 10.6. The van der Waals surface area contributed by atoms with Crippen LogP contribution in [0.25, 0.3) is 0 Å². The molecule has 160 valence electrons. The van der Waals surface area contributed by atoms with Crippen LogP contribution in [0.15, 0.2) is 54.6 Å². The fraction of sp³-hybridized carbons (Fsp3) is 0.364. The van der Waals surface area contributed by atoms with Gasteiger partial charge in [0.2, 0.25) is 5.91 Å². The third-order valence-electron chi connectivity index (χ3n) is 4.97. The molecule has 1 heterocycles. The lowest BCUT2D eigenvalue weighted by atomic mass is 9.97. The van der Waals surface area contributed by atoms with Gasteiger partial charge in [0, 0.05) is 25.3 Å². The van der Waals surface area contributed by atoms with E-state index in [9.17, 15) is 18.4 Å². The summed E-state index contributed by atoms with van der Waals surface area (Å²) in [4.78, 5) is 26.6. The number of carbonyl (C=O) groups excluding carboxylic acids is 2. The third-order valence-corrected chi connectivity index (χ3v) is 4.97. The second-order valence-corrected chi connectivity index (χ2v) is 7.14. The minimum atomic E-state index is -2.85. The van der Waals surface area contributed by atoms with Crippen LogP contribution in [0.5, 0.6) is 5.75 Å². The predicted octanol–water partition coefficient (Wildman–Crippen LogP) is 3.89. The van der Waals surface area contributed by atoms with E-state index in [0.717, 1.165) is 24.1 Å². The highest BCUT2D eigenvalue weighted by Gasteiger charge is 2.28. The average Bonchev–Trinajstić information content (AvgIpc) is 2.75. The van der Waals surface area contributed by atoms with Crippen molar-refractivity contribution in [2.45, 2.75) is 25.9 Å². The number of likely N-dealkylation sites (tertiary alicyclic amines) is 1. The second-order valence-electron chi connectivity index (χ2n) is 7.14.